The predicted molar refractivity (Wildman–Crippen MR) is 338 cm³/mol. The molecule has 470 valence electrons. The highest BCUT2D eigenvalue weighted by Crippen LogP contribution is 2.25. The van der Waals surface area contributed by atoms with Crippen molar-refractivity contribution in [3.8, 4) is 0 Å². The number of oxazole rings is 5. The van der Waals surface area contributed by atoms with Gasteiger partial charge >= 0.3 is 0 Å². The maximum Gasteiger partial charge on any atom is 0.183 e. The number of benzene rings is 2. The van der Waals surface area contributed by atoms with Crippen molar-refractivity contribution >= 4 is 29.1 Å². The van der Waals surface area contributed by atoms with Crippen LogP contribution in [0.1, 0.15) is 78.2 Å². The summed E-state index contributed by atoms with van der Waals surface area (Å²) in [6, 6.07) is 22.9. The van der Waals surface area contributed by atoms with Gasteiger partial charge in [-0.1, -0.05) is 88.4 Å². The summed E-state index contributed by atoms with van der Waals surface area (Å²) in [5.74, 6) is 7.07. The van der Waals surface area contributed by atoms with Crippen molar-refractivity contribution in [3.63, 3.8) is 0 Å². The van der Waals surface area contributed by atoms with Crippen LogP contribution >= 0.6 is 0 Å². The molecule has 0 amide bonds. The standard InChI is InChI=1S/C15H19N3O2.C14H17N3O.C12H21N3O2.C12H21N3O.C11H19N3O/c1-2-4-13(5-3-1)9-19-10-14-8-16-6-7-18(14)15-11-20-12-17-15;1-2-4-12(5-3-1)8-13-9-15-6-7-17(13)14-10-18-11-16-14;1-12(2,3)17-7-10-6-13-4-5-15(10)11-8-16-9-14-11;1-9(2)6-11-7-13-4-5-15(11)12-10(3)16-8-14-12;1-9(2)5-10-6-12-3-4-14(10)11-7-15-8-13-11/h1-5,11-12,14,16H,6-10H2;1-5,10-11,13,15H,6-9H2;8-10,13H,4-7H2,1-3H3;8-9,11,13H,4-7H2,1-3H3;7-10,12H,3-6H2,1-2H3. The molecule has 22 heteroatoms. The summed E-state index contributed by atoms with van der Waals surface area (Å²) in [6.45, 7) is 34.0. The van der Waals surface area contributed by atoms with E-state index in [0.29, 0.717) is 55.8 Å². The molecule has 22 nitrogen and oxygen atoms in total. The Hall–Kier alpha value is -6.79. The average molecular weight is 1190 g/mol. The van der Waals surface area contributed by atoms with Gasteiger partial charge in [0.05, 0.1) is 37.5 Å². The zero-order valence-electron chi connectivity index (χ0n) is 52.2. The molecule has 10 heterocycles. The lowest BCUT2D eigenvalue weighted by atomic mass is 10.0. The quantitative estimate of drug-likeness (QED) is 0.0583. The number of rotatable bonds is 17. The van der Waals surface area contributed by atoms with Crippen LogP contribution in [0.5, 0.6) is 0 Å². The molecule has 0 radical (unpaired) electrons. The topological polar surface area (TPSA) is 225 Å². The van der Waals surface area contributed by atoms with Gasteiger partial charge in [-0.25, -0.2) is 0 Å². The molecule has 86 heavy (non-hydrogen) atoms. The van der Waals surface area contributed by atoms with E-state index in [9.17, 15) is 0 Å². The largest absolute Gasteiger partial charge is 0.449 e. The molecule has 5 saturated heterocycles. The molecule has 5 unspecified atom stereocenters. The van der Waals surface area contributed by atoms with E-state index in [2.05, 4.69) is 167 Å². The SMILES string of the molecule is CC(C)(C)OCC1CNCCN1c1cocn1.CC(C)CC1CNCCN1c1cocn1.Cc1ocnc1N1CCNCC1CC(C)C.c1ccc(CC2CNCCN2c2cocn2)cc1.c1ccc(COCC2CNCCN2c2cocn2)cc1. The molecule has 5 atom stereocenters. The number of piperazine rings is 5. The molecular weight excluding hydrogens is 1090 g/mol. The van der Waals surface area contributed by atoms with Crippen LogP contribution in [0.25, 0.3) is 0 Å². The average Bonchev–Trinajstić information content (AvgIpc) is 4.51. The van der Waals surface area contributed by atoms with E-state index < -0.39 is 0 Å². The third-order valence-electron chi connectivity index (χ3n) is 15.5. The van der Waals surface area contributed by atoms with Crippen molar-refractivity contribution in [2.75, 3.05) is 136 Å². The van der Waals surface area contributed by atoms with Crippen LogP contribution in [0, 0.1) is 18.8 Å². The zero-order chi connectivity index (χ0) is 60.4. The minimum atomic E-state index is -0.104. The van der Waals surface area contributed by atoms with E-state index >= 15 is 0 Å². The molecule has 7 aromatic rings. The lowest BCUT2D eigenvalue weighted by Gasteiger charge is -2.37. The fourth-order valence-corrected chi connectivity index (χ4v) is 11.4. The van der Waals surface area contributed by atoms with Crippen molar-refractivity contribution < 1.29 is 31.6 Å². The van der Waals surface area contributed by atoms with Gasteiger partial charge in [-0.3, -0.25) is 0 Å². The molecule has 5 fully saturated rings. The fraction of sp³-hybridized carbons (Fsp3) is 0.578. The van der Waals surface area contributed by atoms with Crippen LogP contribution in [-0.4, -0.2) is 172 Å². The highest BCUT2D eigenvalue weighted by molar-refractivity contribution is 5.44. The smallest absolute Gasteiger partial charge is 0.183 e. The summed E-state index contributed by atoms with van der Waals surface area (Å²) in [5, 5.41) is 17.1. The Morgan fingerprint density at radius 2 is 0.860 bits per heavy atom. The number of anilines is 5. The van der Waals surface area contributed by atoms with Crippen LogP contribution in [0.4, 0.5) is 29.1 Å². The van der Waals surface area contributed by atoms with E-state index in [1.54, 1.807) is 31.4 Å². The molecule has 0 bridgehead atoms. The number of hydrogen-bond acceptors (Lipinski definition) is 22. The van der Waals surface area contributed by atoms with E-state index in [1.165, 1.54) is 49.5 Å². The summed E-state index contributed by atoms with van der Waals surface area (Å²) in [6.07, 6.45) is 17.7. The third kappa shape index (κ3) is 21.0. The number of aromatic nitrogens is 5. The maximum absolute atomic E-state index is 5.86. The molecule has 12 rings (SSSR count). The Labute approximate surface area is 509 Å². The van der Waals surface area contributed by atoms with Crippen LogP contribution in [0.3, 0.4) is 0 Å². The van der Waals surface area contributed by atoms with Gasteiger partial charge in [0, 0.05) is 116 Å². The van der Waals surface area contributed by atoms with Crippen molar-refractivity contribution in [1.82, 2.24) is 51.5 Å². The van der Waals surface area contributed by atoms with Gasteiger partial charge in [0.15, 0.2) is 61.1 Å². The van der Waals surface area contributed by atoms with E-state index in [4.69, 9.17) is 31.6 Å². The molecule has 5 aliphatic heterocycles. The Balaban J connectivity index is 0.000000140. The highest BCUT2D eigenvalue weighted by Gasteiger charge is 2.30. The molecule has 2 aromatic carbocycles. The van der Waals surface area contributed by atoms with Gasteiger partial charge in [-0.15, -0.1) is 0 Å². The van der Waals surface area contributed by atoms with Gasteiger partial charge in [-0.05, 0) is 69.9 Å². The third-order valence-corrected chi connectivity index (χ3v) is 15.5. The first-order valence-electron chi connectivity index (χ1n) is 31.0. The van der Waals surface area contributed by atoms with Crippen LogP contribution in [-0.2, 0) is 22.5 Å². The Kier molecular flexibility index (Phi) is 26.2. The van der Waals surface area contributed by atoms with Crippen LogP contribution in [0.2, 0.25) is 0 Å². The number of nitrogens with one attached hydrogen (secondary N) is 5. The number of ether oxygens (including phenoxy) is 2. The Morgan fingerprint density at radius 3 is 1.27 bits per heavy atom. The lowest BCUT2D eigenvalue weighted by Crippen LogP contribution is -2.54. The Bertz CT molecular complexity index is 2800. The summed E-state index contributed by atoms with van der Waals surface area (Å²) in [5.41, 5.74) is 2.45. The molecule has 0 saturated carbocycles. The molecular formula is C64H97N15O7. The van der Waals surface area contributed by atoms with Crippen LogP contribution < -0.4 is 51.1 Å². The van der Waals surface area contributed by atoms with E-state index in [1.807, 2.05) is 25.1 Å². The summed E-state index contributed by atoms with van der Waals surface area (Å²) in [7, 11) is 0. The highest BCUT2D eigenvalue weighted by atomic mass is 16.5. The first-order valence-corrected chi connectivity index (χ1v) is 31.0. The van der Waals surface area contributed by atoms with Crippen molar-refractivity contribution in [1.29, 1.82) is 0 Å². The minimum Gasteiger partial charge on any atom is -0.449 e. The normalized spacial score (nSPS) is 20.9. The van der Waals surface area contributed by atoms with Crippen molar-refractivity contribution in [2.24, 2.45) is 11.8 Å². The van der Waals surface area contributed by atoms with Gasteiger partial charge in [0.2, 0.25) is 0 Å². The second-order valence-electron chi connectivity index (χ2n) is 24.2. The molecule has 0 spiro atoms. The van der Waals surface area contributed by atoms with Gasteiger partial charge in [0.1, 0.15) is 30.8 Å². The second kappa shape index (κ2) is 34.5. The number of aryl methyl sites for hydroxylation is 1. The van der Waals surface area contributed by atoms with Crippen molar-refractivity contribution in [2.45, 2.75) is 117 Å². The maximum atomic E-state index is 5.86. The molecule has 5 N–H and O–H groups in total. The lowest BCUT2D eigenvalue weighted by molar-refractivity contribution is -0.0119. The summed E-state index contributed by atoms with van der Waals surface area (Å²) >= 11 is 0. The first kappa shape index (κ1) is 65.2. The van der Waals surface area contributed by atoms with Gasteiger partial charge < -0.3 is 82.6 Å². The second-order valence-corrected chi connectivity index (χ2v) is 24.2. The number of hydrogen-bond donors (Lipinski definition) is 5. The summed E-state index contributed by atoms with van der Waals surface area (Å²) < 4.78 is 37.3. The van der Waals surface area contributed by atoms with Crippen LogP contribution in [0.15, 0.2) is 140 Å². The minimum absolute atomic E-state index is 0.104. The molecule has 0 aliphatic carbocycles. The van der Waals surface area contributed by atoms with Gasteiger partial charge in [0.25, 0.3) is 0 Å². The predicted octanol–water partition coefficient (Wildman–Crippen LogP) is 7.94. The summed E-state index contributed by atoms with van der Waals surface area (Å²) in [4.78, 5) is 32.8. The Morgan fingerprint density at radius 1 is 0.477 bits per heavy atom. The zero-order valence-corrected chi connectivity index (χ0v) is 52.2. The number of nitrogens with zero attached hydrogens (tertiary/aromatic N) is 10. The first-order chi connectivity index (χ1) is 41.9. The van der Waals surface area contributed by atoms with Gasteiger partial charge in [-0.2, -0.15) is 24.9 Å². The van der Waals surface area contributed by atoms with Crippen molar-refractivity contribution in [3.05, 3.63) is 135 Å². The van der Waals surface area contributed by atoms with E-state index in [0.717, 1.165) is 139 Å². The molecule has 5 aliphatic rings. The fourth-order valence-electron chi connectivity index (χ4n) is 11.4. The van der Waals surface area contributed by atoms with E-state index in [-0.39, 0.29) is 11.6 Å². The molecule has 5 aromatic heterocycles. The monoisotopic (exact) mass is 1190 g/mol.